The van der Waals surface area contributed by atoms with Crippen molar-refractivity contribution in [1.82, 2.24) is 5.32 Å². The topological polar surface area (TPSA) is 53.2 Å². The first-order valence-electron chi connectivity index (χ1n) is 12.5. The lowest BCUT2D eigenvalue weighted by atomic mass is 9.71. The van der Waals surface area contributed by atoms with Gasteiger partial charge in [-0.3, -0.25) is 4.79 Å². The van der Waals surface area contributed by atoms with E-state index in [2.05, 4.69) is 16.0 Å². The fraction of sp³-hybridized carbons (Fsp3) is 0.519. The molecule has 182 valence electrons. The van der Waals surface area contributed by atoms with Crippen LogP contribution < -0.4 is 16.0 Å². The smallest absolute Gasteiger partial charge is 0.248 e. The molecule has 0 radical (unpaired) electrons. The van der Waals surface area contributed by atoms with E-state index in [4.69, 9.17) is 11.6 Å². The fourth-order valence-corrected chi connectivity index (χ4v) is 6.18. The van der Waals surface area contributed by atoms with Crippen LogP contribution in [0.3, 0.4) is 0 Å². The normalized spacial score (nSPS) is 22.8. The van der Waals surface area contributed by atoms with Gasteiger partial charge in [-0.05, 0) is 61.4 Å². The quantitative estimate of drug-likeness (QED) is 0.429. The molecular weight excluding hydrogens is 456 g/mol. The Morgan fingerprint density at radius 2 is 1.50 bits per heavy atom. The van der Waals surface area contributed by atoms with Gasteiger partial charge in [0.25, 0.3) is 0 Å². The summed E-state index contributed by atoms with van der Waals surface area (Å²) in [5, 5.41) is 11.2. The average molecular weight is 488 g/mol. The number of hydrogen-bond donors (Lipinski definition) is 3. The minimum atomic E-state index is -2.62. The van der Waals surface area contributed by atoms with E-state index in [1.807, 2.05) is 48.5 Å². The number of para-hydroxylation sites is 2. The standard InChI is InChI=1S/C27H32ClF2N3O/c28-20-12-10-19(11-13-20)27(32-22-8-4-5-9-23(22)33-27)24(18-6-2-1-3-7-18)25(34)31-21-14-16-26(29,30)17-15-21/h4-5,8-13,18,21,24,32-33H,1-3,6-7,14-17H2,(H,31,34). The molecule has 2 aromatic rings. The first-order chi connectivity index (χ1) is 16.4. The van der Waals surface area contributed by atoms with E-state index in [9.17, 15) is 13.6 Å². The molecule has 1 amide bonds. The van der Waals surface area contributed by atoms with Crippen molar-refractivity contribution in [2.75, 3.05) is 10.6 Å². The molecule has 1 atom stereocenters. The molecule has 2 saturated carbocycles. The van der Waals surface area contributed by atoms with E-state index in [0.717, 1.165) is 42.6 Å². The van der Waals surface area contributed by atoms with Gasteiger partial charge < -0.3 is 16.0 Å². The highest BCUT2D eigenvalue weighted by atomic mass is 35.5. The maximum absolute atomic E-state index is 14.1. The van der Waals surface area contributed by atoms with Gasteiger partial charge in [-0.2, -0.15) is 0 Å². The summed E-state index contributed by atoms with van der Waals surface area (Å²) in [6, 6.07) is 15.4. The molecule has 0 aromatic heterocycles. The Morgan fingerprint density at radius 3 is 2.09 bits per heavy atom. The molecule has 5 rings (SSSR count). The highest BCUT2D eigenvalue weighted by Gasteiger charge is 2.52. The molecule has 2 fully saturated rings. The summed E-state index contributed by atoms with van der Waals surface area (Å²) < 4.78 is 27.5. The minimum Gasteiger partial charge on any atom is -0.357 e. The van der Waals surface area contributed by atoms with Crippen molar-refractivity contribution in [3.8, 4) is 0 Å². The lowest BCUT2D eigenvalue weighted by molar-refractivity contribution is -0.131. The number of amides is 1. The second-order valence-electron chi connectivity index (χ2n) is 10.1. The second-order valence-corrected chi connectivity index (χ2v) is 10.6. The van der Waals surface area contributed by atoms with Gasteiger partial charge in [0.05, 0.1) is 17.3 Å². The van der Waals surface area contributed by atoms with E-state index in [1.54, 1.807) is 0 Å². The number of fused-ring (bicyclic) bond motifs is 1. The number of benzene rings is 2. The average Bonchev–Trinajstić information content (AvgIpc) is 3.22. The van der Waals surface area contributed by atoms with E-state index in [-0.39, 0.29) is 30.7 Å². The number of carbonyl (C=O) groups is 1. The molecule has 4 nitrogen and oxygen atoms in total. The highest BCUT2D eigenvalue weighted by molar-refractivity contribution is 6.30. The van der Waals surface area contributed by atoms with Crippen molar-refractivity contribution >= 4 is 28.9 Å². The van der Waals surface area contributed by atoms with Gasteiger partial charge in [-0.25, -0.2) is 8.78 Å². The number of hydrogen-bond acceptors (Lipinski definition) is 3. The van der Waals surface area contributed by atoms with Gasteiger partial charge in [0.15, 0.2) is 0 Å². The van der Waals surface area contributed by atoms with Crippen LogP contribution in [0.1, 0.15) is 63.4 Å². The first kappa shape index (κ1) is 23.4. The third-order valence-corrected chi connectivity index (χ3v) is 8.08. The van der Waals surface area contributed by atoms with Gasteiger partial charge >= 0.3 is 0 Å². The maximum Gasteiger partial charge on any atom is 0.248 e. The molecule has 1 heterocycles. The van der Waals surface area contributed by atoms with E-state index < -0.39 is 17.5 Å². The molecule has 3 N–H and O–H groups in total. The van der Waals surface area contributed by atoms with Gasteiger partial charge in [0, 0.05) is 23.9 Å². The lowest BCUT2D eigenvalue weighted by Crippen LogP contribution is -2.57. The number of alkyl halides is 2. The van der Waals surface area contributed by atoms with Crippen LogP contribution in [0.2, 0.25) is 5.02 Å². The number of carbonyl (C=O) groups excluding carboxylic acids is 1. The minimum absolute atomic E-state index is 0.0649. The number of nitrogens with one attached hydrogen (secondary N) is 3. The maximum atomic E-state index is 14.1. The van der Waals surface area contributed by atoms with Gasteiger partial charge in [-0.1, -0.05) is 55.1 Å². The molecule has 7 heteroatoms. The first-order valence-corrected chi connectivity index (χ1v) is 12.8. The Balaban J connectivity index is 1.51. The molecule has 0 bridgehead atoms. The SMILES string of the molecule is O=C(NC1CCC(F)(F)CC1)C(C1CCCCC1)C1(c2ccc(Cl)cc2)Nc2ccccc2N1. The summed E-state index contributed by atoms with van der Waals surface area (Å²) in [7, 11) is 0. The molecule has 1 unspecified atom stereocenters. The molecule has 0 saturated heterocycles. The van der Waals surface area contributed by atoms with Gasteiger partial charge in [-0.15, -0.1) is 0 Å². The Morgan fingerprint density at radius 1 is 0.912 bits per heavy atom. The predicted octanol–water partition coefficient (Wildman–Crippen LogP) is 6.92. The third kappa shape index (κ3) is 4.61. The summed E-state index contributed by atoms with van der Waals surface area (Å²) in [6.07, 6.45) is 5.58. The highest BCUT2D eigenvalue weighted by Crippen LogP contribution is 2.49. The molecule has 3 aliphatic rings. The van der Waals surface area contributed by atoms with Crippen molar-refractivity contribution in [3.63, 3.8) is 0 Å². The van der Waals surface area contributed by atoms with Gasteiger partial charge in [0.2, 0.25) is 11.8 Å². The lowest BCUT2D eigenvalue weighted by Gasteiger charge is -2.44. The van der Waals surface area contributed by atoms with Gasteiger partial charge in [0.1, 0.15) is 5.66 Å². The number of rotatable bonds is 5. The van der Waals surface area contributed by atoms with Crippen molar-refractivity contribution < 1.29 is 13.6 Å². The Bertz CT molecular complexity index is 988. The van der Waals surface area contributed by atoms with Crippen molar-refractivity contribution in [2.45, 2.75) is 75.4 Å². The van der Waals surface area contributed by atoms with Crippen molar-refractivity contribution in [1.29, 1.82) is 0 Å². The van der Waals surface area contributed by atoms with Crippen LogP contribution in [0.25, 0.3) is 0 Å². The zero-order valence-corrected chi connectivity index (χ0v) is 20.0. The molecule has 2 aliphatic carbocycles. The van der Waals surface area contributed by atoms with E-state index in [1.165, 1.54) is 6.42 Å². The summed E-state index contributed by atoms with van der Waals surface area (Å²) in [6.45, 7) is 0. The van der Waals surface area contributed by atoms with E-state index in [0.29, 0.717) is 17.9 Å². The Hall–Kier alpha value is -2.34. The molecule has 34 heavy (non-hydrogen) atoms. The van der Waals surface area contributed by atoms with Crippen LogP contribution in [0.4, 0.5) is 20.2 Å². The molecule has 0 spiro atoms. The third-order valence-electron chi connectivity index (χ3n) is 7.82. The predicted molar refractivity (Wildman–Crippen MR) is 132 cm³/mol. The Kier molecular flexibility index (Phi) is 6.45. The van der Waals surface area contributed by atoms with Crippen LogP contribution in [0.15, 0.2) is 48.5 Å². The zero-order valence-electron chi connectivity index (χ0n) is 19.3. The van der Waals surface area contributed by atoms with Crippen LogP contribution in [0, 0.1) is 11.8 Å². The monoisotopic (exact) mass is 487 g/mol. The van der Waals surface area contributed by atoms with Crippen molar-refractivity contribution in [3.05, 3.63) is 59.1 Å². The van der Waals surface area contributed by atoms with Crippen LogP contribution in [0.5, 0.6) is 0 Å². The number of anilines is 2. The molecular formula is C27H32ClF2N3O. The largest absolute Gasteiger partial charge is 0.357 e. The van der Waals surface area contributed by atoms with E-state index >= 15 is 0 Å². The zero-order chi connectivity index (χ0) is 23.8. The van der Waals surface area contributed by atoms with Crippen molar-refractivity contribution in [2.24, 2.45) is 11.8 Å². The fourth-order valence-electron chi connectivity index (χ4n) is 6.06. The summed E-state index contributed by atoms with van der Waals surface area (Å²) >= 11 is 6.21. The number of halogens is 3. The summed E-state index contributed by atoms with van der Waals surface area (Å²) in [5.74, 6) is -2.93. The molecule has 1 aliphatic heterocycles. The molecule has 2 aromatic carbocycles. The summed E-state index contributed by atoms with van der Waals surface area (Å²) in [4.78, 5) is 14.1. The van der Waals surface area contributed by atoms with Crippen LogP contribution >= 0.6 is 11.6 Å². The Labute approximate surface area is 204 Å². The second kappa shape index (κ2) is 9.37. The van der Waals surface area contributed by atoms with Crippen LogP contribution in [-0.4, -0.2) is 17.9 Å². The van der Waals surface area contributed by atoms with Crippen LogP contribution in [-0.2, 0) is 10.5 Å². The summed E-state index contributed by atoms with van der Waals surface area (Å²) in [5.41, 5.74) is 1.99.